The van der Waals surface area contributed by atoms with E-state index in [0.29, 0.717) is 6.04 Å². The van der Waals surface area contributed by atoms with Gasteiger partial charge in [-0.1, -0.05) is 59.7 Å². The molecule has 43 heavy (non-hydrogen) atoms. The molecule has 1 aromatic heterocycles. The van der Waals surface area contributed by atoms with E-state index in [1.807, 2.05) is 19.9 Å². The zero-order chi connectivity index (χ0) is 31.4. The molecule has 4 aromatic rings. The summed E-state index contributed by atoms with van der Waals surface area (Å²) >= 11 is 0. The highest BCUT2D eigenvalue weighted by atomic mass is 32.2. The number of likely N-dealkylation sites (N-methyl/N-ethyl adjacent to an activating group) is 1. The van der Waals surface area contributed by atoms with Gasteiger partial charge < -0.3 is 9.80 Å². The Morgan fingerprint density at radius 3 is 1.63 bits per heavy atom. The van der Waals surface area contributed by atoms with Crippen LogP contribution in [0.3, 0.4) is 0 Å². The fraction of sp³-hybridized carbons (Fsp3) is 0.290. The monoisotopic (exact) mass is 624 g/mol. The second kappa shape index (κ2) is 13.3. The largest absolute Gasteiger partial charge is 0.353 e. The molecule has 6 rings (SSSR count). The van der Waals surface area contributed by atoms with Crippen LogP contribution in [0.4, 0.5) is 5.82 Å². The van der Waals surface area contributed by atoms with Gasteiger partial charge in [-0.05, 0) is 69.8 Å². The molecule has 0 aliphatic carbocycles. The van der Waals surface area contributed by atoms with Crippen molar-refractivity contribution < 1.29 is 25.9 Å². The van der Waals surface area contributed by atoms with Gasteiger partial charge in [-0.15, -0.1) is 10.2 Å². The van der Waals surface area contributed by atoms with Gasteiger partial charge in [0.1, 0.15) is 0 Å². The highest BCUT2D eigenvalue weighted by molar-refractivity contribution is 7.86. The summed E-state index contributed by atoms with van der Waals surface area (Å²) in [4.78, 5) is 4.67. The van der Waals surface area contributed by atoms with Gasteiger partial charge in [-0.3, -0.25) is 9.11 Å². The second-order valence-electron chi connectivity index (χ2n) is 10.8. The molecule has 2 atom stereocenters. The third-order valence-corrected chi connectivity index (χ3v) is 9.26. The van der Waals surface area contributed by atoms with E-state index in [1.165, 1.54) is 36.4 Å². The van der Waals surface area contributed by atoms with E-state index in [4.69, 9.17) is 9.11 Å². The van der Waals surface area contributed by atoms with Crippen LogP contribution >= 0.6 is 0 Å². The molecule has 10 nitrogen and oxygen atoms in total. The first kappa shape index (κ1) is 32.2. The van der Waals surface area contributed by atoms with E-state index in [2.05, 4.69) is 64.3 Å². The summed E-state index contributed by atoms with van der Waals surface area (Å²) in [5.74, 6) is 1.82. The van der Waals surface area contributed by atoms with E-state index >= 15 is 0 Å². The molecule has 12 heteroatoms. The van der Waals surface area contributed by atoms with Crippen molar-refractivity contribution in [2.45, 2.75) is 36.6 Å². The van der Waals surface area contributed by atoms with Crippen LogP contribution in [-0.4, -0.2) is 73.8 Å². The molecule has 2 saturated heterocycles. The van der Waals surface area contributed by atoms with Gasteiger partial charge in [0.2, 0.25) is 0 Å². The molecule has 2 N–H and O–H groups in total. The van der Waals surface area contributed by atoms with Crippen molar-refractivity contribution in [2.75, 3.05) is 31.6 Å². The number of hydrogen-bond donors (Lipinski definition) is 2. The van der Waals surface area contributed by atoms with Crippen LogP contribution in [0, 0.1) is 26.7 Å². The van der Waals surface area contributed by atoms with Crippen LogP contribution in [0.5, 0.6) is 0 Å². The highest BCUT2D eigenvalue weighted by Gasteiger charge is 2.43. The molecule has 0 saturated carbocycles. The lowest BCUT2D eigenvalue weighted by molar-refractivity contribution is 0.0827. The fourth-order valence-corrected chi connectivity index (χ4v) is 5.97. The molecular weight excluding hydrogens is 588 g/mol. The maximum Gasteiger partial charge on any atom is 0.294 e. The topological polar surface area (TPSA) is 141 Å². The zero-order valence-corrected chi connectivity index (χ0v) is 26.1. The van der Waals surface area contributed by atoms with Crippen LogP contribution in [0.25, 0.3) is 11.3 Å². The lowest BCUT2D eigenvalue weighted by Gasteiger charge is -2.40. The van der Waals surface area contributed by atoms with Gasteiger partial charge in [0.05, 0.1) is 15.5 Å². The molecule has 0 spiro atoms. The Kier molecular flexibility index (Phi) is 9.98. The minimum Gasteiger partial charge on any atom is -0.353 e. The van der Waals surface area contributed by atoms with Crippen molar-refractivity contribution >= 4 is 26.1 Å². The molecule has 0 bridgehead atoms. The van der Waals surface area contributed by atoms with Crippen LogP contribution in [0.2, 0.25) is 0 Å². The van der Waals surface area contributed by atoms with Crippen molar-refractivity contribution in [2.24, 2.45) is 5.92 Å². The van der Waals surface area contributed by atoms with Gasteiger partial charge in [0.15, 0.2) is 5.82 Å². The van der Waals surface area contributed by atoms with Gasteiger partial charge in [-0.2, -0.15) is 16.8 Å². The third kappa shape index (κ3) is 8.46. The van der Waals surface area contributed by atoms with Crippen molar-refractivity contribution in [3.05, 3.63) is 102 Å². The Morgan fingerprint density at radius 1 is 0.674 bits per heavy atom. The number of fused-ring (bicyclic) bond motifs is 1. The molecule has 228 valence electrons. The minimum absolute atomic E-state index is 0.0666. The number of aromatic nitrogens is 2. The summed E-state index contributed by atoms with van der Waals surface area (Å²) in [6, 6.07) is 25.2. The summed E-state index contributed by atoms with van der Waals surface area (Å²) in [5, 5.41) is 8.90. The number of hydrogen-bond acceptors (Lipinski definition) is 8. The first-order chi connectivity index (χ1) is 20.2. The van der Waals surface area contributed by atoms with E-state index in [1.54, 1.807) is 24.3 Å². The summed E-state index contributed by atoms with van der Waals surface area (Å²) < 4.78 is 59.1. The fourth-order valence-electron chi connectivity index (χ4n) is 5.01. The van der Waals surface area contributed by atoms with Gasteiger partial charge in [0, 0.05) is 37.2 Å². The maximum atomic E-state index is 10.5. The highest BCUT2D eigenvalue weighted by Crippen LogP contribution is 2.33. The lowest BCUT2D eigenvalue weighted by atomic mass is 9.93. The Bertz CT molecular complexity index is 1670. The van der Waals surface area contributed by atoms with Crippen molar-refractivity contribution in [3.63, 3.8) is 0 Å². The van der Waals surface area contributed by atoms with E-state index in [0.717, 1.165) is 47.2 Å². The average molecular weight is 625 g/mol. The Balaban J connectivity index is 0.000000164. The minimum atomic E-state index is -4.02. The normalized spacial score (nSPS) is 18.0. The number of benzene rings is 3. The summed E-state index contributed by atoms with van der Waals surface area (Å²) in [5.41, 5.74) is 5.27. The Morgan fingerprint density at radius 2 is 1.21 bits per heavy atom. The van der Waals surface area contributed by atoms with Crippen LogP contribution in [-0.2, 0) is 20.2 Å². The van der Waals surface area contributed by atoms with Gasteiger partial charge in [0.25, 0.3) is 20.2 Å². The Hall–Kier alpha value is -3.68. The summed E-state index contributed by atoms with van der Waals surface area (Å²) in [6.45, 7) is 9.21. The van der Waals surface area contributed by atoms with Gasteiger partial charge >= 0.3 is 0 Å². The molecule has 3 aromatic carbocycles. The molecule has 3 heterocycles. The second-order valence-corrected chi connectivity index (χ2v) is 13.7. The molecule has 0 amide bonds. The first-order valence-corrected chi connectivity index (χ1v) is 16.5. The molecule has 0 radical (unpaired) electrons. The SMILES string of the molecule is Cc1ccc(S(=O)(=O)O)cc1.Cc1ccc(S(=O)(=O)O)cc1.Cc1ccccc1-c1ccc(N2CC3CN(C)C3C2)nn1. The predicted molar refractivity (Wildman–Crippen MR) is 166 cm³/mol. The lowest BCUT2D eigenvalue weighted by Crippen LogP contribution is -2.52. The quantitative estimate of drug-likeness (QED) is 0.307. The van der Waals surface area contributed by atoms with Crippen molar-refractivity contribution in [1.29, 1.82) is 0 Å². The number of likely N-dealkylation sites (tertiary alicyclic amines) is 1. The molecular formula is C31H36N4O6S2. The van der Waals surface area contributed by atoms with Crippen molar-refractivity contribution in [3.8, 4) is 11.3 Å². The smallest absolute Gasteiger partial charge is 0.294 e. The molecule has 2 unspecified atom stereocenters. The van der Waals surface area contributed by atoms with E-state index in [-0.39, 0.29) is 9.79 Å². The number of rotatable bonds is 4. The third-order valence-electron chi connectivity index (χ3n) is 7.53. The number of anilines is 1. The Labute approximate surface area is 253 Å². The van der Waals surface area contributed by atoms with Crippen LogP contribution in [0.15, 0.2) is 94.7 Å². The van der Waals surface area contributed by atoms with Crippen molar-refractivity contribution in [1.82, 2.24) is 15.1 Å². The molecule has 2 aliphatic rings. The van der Waals surface area contributed by atoms with Crippen LogP contribution in [0.1, 0.15) is 16.7 Å². The first-order valence-electron chi connectivity index (χ1n) is 13.7. The predicted octanol–water partition coefficient (Wildman–Crippen LogP) is 4.69. The summed E-state index contributed by atoms with van der Waals surface area (Å²) in [7, 11) is -5.83. The maximum absolute atomic E-state index is 10.5. The van der Waals surface area contributed by atoms with E-state index in [9.17, 15) is 16.8 Å². The molecule has 2 fully saturated rings. The van der Waals surface area contributed by atoms with Gasteiger partial charge in [-0.25, -0.2) is 0 Å². The summed E-state index contributed by atoms with van der Waals surface area (Å²) in [6.07, 6.45) is 0. The zero-order valence-electron chi connectivity index (χ0n) is 24.5. The standard InChI is InChI=1S/C17H20N4.2C7H8O3S/c1-12-5-3-4-6-14(12)15-7-8-17(19-18-15)21-10-13-9-20(2)16(13)11-21;2*1-6-2-4-7(5-3-6)11(8,9)10/h3-8,13,16H,9-11H2,1-2H3;2*2-5H,1H3,(H,8,9,10). The van der Waals surface area contributed by atoms with Crippen LogP contribution < -0.4 is 4.90 Å². The van der Waals surface area contributed by atoms with E-state index < -0.39 is 20.2 Å². The average Bonchev–Trinajstić information content (AvgIpc) is 3.31. The number of nitrogens with zero attached hydrogens (tertiary/aromatic N) is 4. The molecule has 2 aliphatic heterocycles. The number of aryl methyl sites for hydroxylation is 3.